The summed E-state index contributed by atoms with van der Waals surface area (Å²) < 4.78 is 10.8. The van der Waals surface area contributed by atoms with E-state index >= 15 is 0 Å². The van der Waals surface area contributed by atoms with Crippen molar-refractivity contribution in [2.45, 2.75) is 12.5 Å². The molecule has 2 N–H and O–H groups in total. The Kier molecular flexibility index (Phi) is 4.58. The number of nitro benzene ring substituents is 1. The highest BCUT2D eigenvalue weighted by atomic mass is 16.7. The topological polar surface area (TPSA) is 158 Å². The molecule has 1 unspecified atom stereocenters. The molecule has 0 spiro atoms. The second-order valence-electron chi connectivity index (χ2n) is 7.05. The highest BCUT2D eigenvalue weighted by Gasteiger charge is 2.32. The largest absolute Gasteiger partial charge is 0.454 e. The van der Waals surface area contributed by atoms with Crippen LogP contribution in [0.25, 0.3) is 0 Å². The van der Waals surface area contributed by atoms with Gasteiger partial charge in [-0.15, -0.1) is 4.91 Å². The smallest absolute Gasteiger partial charge is 0.269 e. The van der Waals surface area contributed by atoms with E-state index in [2.05, 4.69) is 20.2 Å². The summed E-state index contributed by atoms with van der Waals surface area (Å²) in [5.41, 5.74) is 8.12. The van der Waals surface area contributed by atoms with Crippen molar-refractivity contribution in [1.82, 2.24) is 9.97 Å². The van der Waals surface area contributed by atoms with Gasteiger partial charge in [0.25, 0.3) is 5.69 Å². The molecule has 160 valence electrons. The third-order valence-corrected chi connectivity index (χ3v) is 5.26. The molecule has 12 heteroatoms. The molecule has 2 aliphatic heterocycles. The van der Waals surface area contributed by atoms with Crippen molar-refractivity contribution in [1.29, 1.82) is 0 Å². The van der Waals surface area contributed by atoms with E-state index < -0.39 is 11.0 Å². The second-order valence-corrected chi connectivity index (χ2v) is 7.05. The highest BCUT2D eigenvalue weighted by Crippen LogP contribution is 2.42. The van der Waals surface area contributed by atoms with Gasteiger partial charge in [-0.2, -0.15) is 0 Å². The van der Waals surface area contributed by atoms with E-state index in [-0.39, 0.29) is 36.2 Å². The predicted octanol–water partition coefficient (Wildman–Crippen LogP) is 3.45. The first-order chi connectivity index (χ1) is 15.5. The molecule has 2 aliphatic rings. The lowest BCUT2D eigenvalue weighted by Crippen LogP contribution is -2.25. The molecule has 0 aliphatic carbocycles. The van der Waals surface area contributed by atoms with Gasteiger partial charge in [-0.1, -0.05) is 12.1 Å². The summed E-state index contributed by atoms with van der Waals surface area (Å²) in [6, 6.07) is 10.6. The predicted molar refractivity (Wildman–Crippen MR) is 114 cm³/mol. The molecule has 1 atom stereocenters. The van der Waals surface area contributed by atoms with Crippen LogP contribution in [0.2, 0.25) is 0 Å². The molecule has 3 aromatic rings. The Morgan fingerprint density at radius 3 is 2.66 bits per heavy atom. The number of nitroso groups, excluding NO2 is 1. The molecule has 12 nitrogen and oxygen atoms in total. The van der Waals surface area contributed by atoms with E-state index in [1.807, 2.05) is 6.07 Å². The lowest BCUT2D eigenvalue weighted by atomic mass is 9.96. The molecule has 0 amide bonds. The molecule has 3 heterocycles. The number of nitrogens with zero attached hydrogens (tertiary/aromatic N) is 6. The fraction of sp³-hybridized carbons (Fsp3) is 0.150. The summed E-state index contributed by atoms with van der Waals surface area (Å²) in [5.74, 6) is 1.43. The Morgan fingerprint density at radius 1 is 1.12 bits per heavy atom. The van der Waals surface area contributed by atoms with Crippen molar-refractivity contribution < 1.29 is 14.4 Å². The maximum absolute atomic E-state index is 11.9. The van der Waals surface area contributed by atoms with Gasteiger partial charge >= 0.3 is 0 Å². The molecule has 5 rings (SSSR count). The molecule has 0 saturated carbocycles. The number of benzene rings is 2. The number of nitrogen functional groups attached to an aromatic ring is 1. The van der Waals surface area contributed by atoms with Crippen molar-refractivity contribution in [3.63, 3.8) is 0 Å². The van der Waals surface area contributed by atoms with E-state index in [1.165, 1.54) is 18.5 Å². The average Bonchev–Trinajstić information content (AvgIpc) is 3.20. The average molecular weight is 433 g/mol. The summed E-state index contributed by atoms with van der Waals surface area (Å²) in [4.78, 5) is 35.3. The quantitative estimate of drug-likeness (QED) is 0.369. The number of aromatic nitrogens is 2. The van der Waals surface area contributed by atoms with Crippen LogP contribution in [0.4, 0.5) is 23.0 Å². The van der Waals surface area contributed by atoms with Crippen LogP contribution in [-0.2, 0) is 0 Å². The first-order valence-electron chi connectivity index (χ1n) is 9.50. The number of fused-ring (bicyclic) bond motifs is 2. The Bertz CT molecular complexity index is 1260. The molecule has 0 saturated heterocycles. The molecule has 0 bridgehead atoms. The summed E-state index contributed by atoms with van der Waals surface area (Å²) in [7, 11) is 0. The minimum Gasteiger partial charge on any atom is -0.454 e. The van der Waals surface area contributed by atoms with Crippen LogP contribution >= 0.6 is 0 Å². The van der Waals surface area contributed by atoms with Gasteiger partial charge in [0.05, 0.1) is 22.0 Å². The standard InChI is InChI=1S/C20H15N7O5/c21-19-18-20(23-9-22-19)26(25-28)15(11-1-4-13(5-2-11)27(29)30)8-14(24-18)12-3-6-16-17(7-12)32-10-31-16/h1-7,9,15H,8,10H2,(H2,21,22,23). The zero-order valence-electron chi connectivity index (χ0n) is 16.4. The number of nitrogens with two attached hydrogens (primary N) is 1. The van der Waals surface area contributed by atoms with Crippen LogP contribution in [0.1, 0.15) is 23.6 Å². The maximum Gasteiger partial charge on any atom is 0.269 e. The molecule has 1 aromatic heterocycles. The van der Waals surface area contributed by atoms with Gasteiger partial charge in [0, 0.05) is 18.6 Å². The summed E-state index contributed by atoms with van der Waals surface area (Å²) in [5, 5.41) is 15.4. The Balaban J connectivity index is 1.65. The Labute approximate surface area is 180 Å². The summed E-state index contributed by atoms with van der Waals surface area (Å²) in [6.07, 6.45) is 1.46. The van der Waals surface area contributed by atoms with Gasteiger partial charge in [0.15, 0.2) is 23.1 Å². The minimum absolute atomic E-state index is 0.0652. The molecular weight excluding hydrogens is 418 g/mol. The van der Waals surface area contributed by atoms with Crippen LogP contribution in [0, 0.1) is 15.0 Å². The van der Waals surface area contributed by atoms with Gasteiger partial charge in [-0.3, -0.25) is 10.1 Å². The van der Waals surface area contributed by atoms with E-state index in [0.717, 1.165) is 10.6 Å². The fourth-order valence-corrected chi connectivity index (χ4v) is 3.69. The van der Waals surface area contributed by atoms with Crippen molar-refractivity contribution >= 4 is 28.7 Å². The van der Waals surface area contributed by atoms with Gasteiger partial charge in [-0.25, -0.2) is 20.0 Å². The first-order valence-corrected chi connectivity index (χ1v) is 9.50. The van der Waals surface area contributed by atoms with E-state index in [1.54, 1.807) is 24.3 Å². The number of rotatable bonds is 4. The second kappa shape index (κ2) is 7.58. The van der Waals surface area contributed by atoms with E-state index in [4.69, 9.17) is 15.2 Å². The zero-order chi connectivity index (χ0) is 22.2. The highest BCUT2D eigenvalue weighted by molar-refractivity contribution is 6.05. The van der Waals surface area contributed by atoms with E-state index in [9.17, 15) is 15.0 Å². The van der Waals surface area contributed by atoms with Crippen molar-refractivity contribution in [3.8, 4) is 11.5 Å². The SMILES string of the molecule is Nc1ncnc2c1N=C(c1ccc3c(c1)OCO3)CC(c1ccc([N+](=O)[O-])cc1)N2N=O. The zero-order valence-corrected chi connectivity index (χ0v) is 16.4. The lowest BCUT2D eigenvalue weighted by molar-refractivity contribution is -0.384. The number of hydrogen-bond donors (Lipinski definition) is 1. The number of hydrogen-bond acceptors (Lipinski definition) is 10. The van der Waals surface area contributed by atoms with Gasteiger partial charge in [0.2, 0.25) is 6.79 Å². The van der Waals surface area contributed by atoms with E-state index in [0.29, 0.717) is 22.8 Å². The molecule has 32 heavy (non-hydrogen) atoms. The maximum atomic E-state index is 11.9. The fourth-order valence-electron chi connectivity index (χ4n) is 3.69. The first kappa shape index (κ1) is 19.4. The molecule has 0 fully saturated rings. The van der Waals surface area contributed by atoms with Crippen LogP contribution in [-0.4, -0.2) is 27.4 Å². The number of ether oxygens (including phenoxy) is 2. The summed E-state index contributed by atoms with van der Waals surface area (Å²) >= 11 is 0. The Hall–Kier alpha value is -4.61. The van der Waals surface area contributed by atoms with Gasteiger partial charge < -0.3 is 15.2 Å². The normalized spacial score (nSPS) is 16.7. The number of nitro groups is 1. The number of non-ortho nitro benzene ring substituents is 1. The Morgan fingerprint density at radius 2 is 1.91 bits per heavy atom. The lowest BCUT2D eigenvalue weighted by Gasteiger charge is -2.24. The third-order valence-electron chi connectivity index (χ3n) is 5.26. The molecule has 0 radical (unpaired) electrons. The van der Waals surface area contributed by atoms with Crippen molar-refractivity contribution in [2.24, 2.45) is 10.3 Å². The van der Waals surface area contributed by atoms with Gasteiger partial charge in [-0.05, 0) is 29.3 Å². The van der Waals surface area contributed by atoms with Crippen LogP contribution in [0.15, 0.2) is 59.1 Å². The monoisotopic (exact) mass is 433 g/mol. The third kappa shape index (κ3) is 3.23. The van der Waals surface area contributed by atoms with Gasteiger partial charge in [0.1, 0.15) is 12.0 Å². The van der Waals surface area contributed by atoms with Crippen LogP contribution < -0.4 is 20.2 Å². The number of anilines is 2. The van der Waals surface area contributed by atoms with Crippen molar-refractivity contribution in [3.05, 3.63) is 74.9 Å². The molecular formula is C20H15N7O5. The van der Waals surface area contributed by atoms with Crippen molar-refractivity contribution in [2.75, 3.05) is 17.5 Å². The van der Waals surface area contributed by atoms with Crippen LogP contribution in [0.5, 0.6) is 11.5 Å². The molecule has 2 aromatic carbocycles. The summed E-state index contributed by atoms with van der Waals surface area (Å²) in [6.45, 7) is 0.128. The minimum atomic E-state index is -0.645. The van der Waals surface area contributed by atoms with Crippen LogP contribution in [0.3, 0.4) is 0 Å². The number of aliphatic imine (C=N–C) groups is 1.